The molecule has 1 heterocycles. The molecule has 0 aliphatic carbocycles. The molecule has 136 valence electrons. The van der Waals surface area contributed by atoms with E-state index >= 15 is 0 Å². The van der Waals surface area contributed by atoms with Gasteiger partial charge in [0.2, 0.25) is 0 Å². The predicted octanol–water partition coefficient (Wildman–Crippen LogP) is 4.15. The highest BCUT2D eigenvalue weighted by molar-refractivity contribution is 7.92. The van der Waals surface area contributed by atoms with Gasteiger partial charge >= 0.3 is 6.18 Å². The van der Waals surface area contributed by atoms with Crippen molar-refractivity contribution in [1.82, 2.24) is 9.89 Å². The third-order valence-electron chi connectivity index (χ3n) is 3.41. The van der Waals surface area contributed by atoms with E-state index in [0.717, 1.165) is 6.07 Å². The number of rotatable bonds is 4. The Hall–Kier alpha value is -2.52. The molecule has 0 fully saturated rings. The molecule has 0 saturated heterocycles. The highest BCUT2D eigenvalue weighted by Crippen LogP contribution is 2.34. The Balaban J connectivity index is 2.12. The number of sulfonamides is 1. The van der Waals surface area contributed by atoms with Gasteiger partial charge in [-0.25, -0.2) is 0 Å². The number of hydrogen-bond donors (Lipinski definition) is 1. The van der Waals surface area contributed by atoms with E-state index in [1.54, 1.807) is 18.2 Å². The van der Waals surface area contributed by atoms with Crippen LogP contribution in [0.2, 0.25) is 5.02 Å². The smallest absolute Gasteiger partial charge is 0.200 e. The SMILES string of the molecule is O=S(=O)(Nn1nc(C(F)(F)F)cc1-c1ccccc1Cl)c1ccccc1. The maximum Gasteiger partial charge on any atom is 0.435 e. The zero-order chi connectivity index (χ0) is 18.9. The van der Waals surface area contributed by atoms with Crippen LogP contribution in [-0.4, -0.2) is 18.3 Å². The van der Waals surface area contributed by atoms with Gasteiger partial charge in [-0.05, 0) is 24.3 Å². The fourth-order valence-electron chi connectivity index (χ4n) is 2.22. The third kappa shape index (κ3) is 3.68. The maximum atomic E-state index is 13.1. The molecule has 2 aromatic carbocycles. The van der Waals surface area contributed by atoms with Gasteiger partial charge in [-0.15, -0.1) is 5.10 Å². The van der Waals surface area contributed by atoms with Crippen LogP contribution in [-0.2, 0) is 16.2 Å². The molecule has 0 atom stereocenters. The van der Waals surface area contributed by atoms with Crippen LogP contribution in [0, 0.1) is 0 Å². The zero-order valence-electron chi connectivity index (χ0n) is 12.9. The minimum atomic E-state index is -4.75. The number of benzene rings is 2. The standard InChI is InChI=1S/C16H11ClF3N3O2S/c17-13-9-5-4-8-12(13)14-10-15(16(18,19)20)21-23(14)22-26(24,25)11-6-2-1-3-7-11/h1-10,22H. The molecular formula is C16H11ClF3N3O2S. The molecule has 5 nitrogen and oxygen atoms in total. The van der Waals surface area contributed by atoms with E-state index in [0.29, 0.717) is 4.79 Å². The Morgan fingerprint density at radius 1 is 1.00 bits per heavy atom. The van der Waals surface area contributed by atoms with E-state index in [1.807, 2.05) is 4.83 Å². The van der Waals surface area contributed by atoms with Crippen LogP contribution in [0.5, 0.6) is 0 Å². The number of nitrogens with zero attached hydrogens (tertiary/aromatic N) is 2. The van der Waals surface area contributed by atoms with Gasteiger partial charge in [0.1, 0.15) is 0 Å². The molecule has 0 amide bonds. The molecule has 0 spiro atoms. The van der Waals surface area contributed by atoms with E-state index in [2.05, 4.69) is 5.10 Å². The quantitative estimate of drug-likeness (QED) is 0.714. The predicted molar refractivity (Wildman–Crippen MR) is 90.7 cm³/mol. The number of hydrogen-bond acceptors (Lipinski definition) is 3. The number of nitrogens with one attached hydrogen (secondary N) is 1. The molecule has 0 radical (unpaired) electrons. The fourth-order valence-corrected chi connectivity index (χ4v) is 3.44. The monoisotopic (exact) mass is 401 g/mol. The summed E-state index contributed by atoms with van der Waals surface area (Å²) in [5.74, 6) is 0. The first-order valence-electron chi connectivity index (χ1n) is 7.18. The lowest BCUT2D eigenvalue weighted by Gasteiger charge is -2.12. The Bertz CT molecular complexity index is 1030. The van der Waals surface area contributed by atoms with Crippen LogP contribution < -0.4 is 4.83 Å². The topological polar surface area (TPSA) is 64.0 Å². The average molecular weight is 402 g/mol. The van der Waals surface area contributed by atoms with Crippen LogP contribution in [0.4, 0.5) is 13.2 Å². The van der Waals surface area contributed by atoms with Gasteiger partial charge in [-0.1, -0.05) is 48.0 Å². The number of aromatic nitrogens is 2. The van der Waals surface area contributed by atoms with Crippen LogP contribution >= 0.6 is 11.6 Å². The fraction of sp³-hybridized carbons (Fsp3) is 0.0625. The van der Waals surface area contributed by atoms with Crippen molar-refractivity contribution in [3.8, 4) is 11.3 Å². The van der Waals surface area contributed by atoms with Gasteiger partial charge in [-0.3, -0.25) is 0 Å². The zero-order valence-corrected chi connectivity index (χ0v) is 14.5. The van der Waals surface area contributed by atoms with Crippen molar-refractivity contribution in [3.63, 3.8) is 0 Å². The Kier molecular flexibility index (Phi) is 4.68. The number of alkyl halides is 3. The Labute approximate surface area is 152 Å². The summed E-state index contributed by atoms with van der Waals surface area (Å²) < 4.78 is 64.1. The minimum absolute atomic E-state index is 0.117. The number of halogens is 4. The lowest BCUT2D eigenvalue weighted by Crippen LogP contribution is -2.25. The molecule has 0 aliphatic heterocycles. The summed E-state index contributed by atoms with van der Waals surface area (Å²) in [6.45, 7) is 0. The van der Waals surface area contributed by atoms with Gasteiger partial charge < -0.3 is 0 Å². The summed E-state index contributed by atoms with van der Waals surface area (Å²) in [5, 5.41) is 3.51. The molecule has 0 unspecified atom stereocenters. The first kappa shape index (κ1) is 18.3. The molecule has 10 heteroatoms. The van der Waals surface area contributed by atoms with Crippen molar-refractivity contribution in [3.05, 3.63) is 71.4 Å². The normalized spacial score (nSPS) is 12.2. The van der Waals surface area contributed by atoms with Crippen LogP contribution in [0.3, 0.4) is 0 Å². The lowest BCUT2D eigenvalue weighted by atomic mass is 10.1. The highest BCUT2D eigenvalue weighted by atomic mass is 35.5. The van der Waals surface area contributed by atoms with Crippen molar-refractivity contribution >= 4 is 21.6 Å². The molecule has 3 rings (SSSR count). The molecule has 0 aliphatic rings. The van der Waals surface area contributed by atoms with Crippen molar-refractivity contribution in [1.29, 1.82) is 0 Å². The molecule has 1 aromatic heterocycles. The van der Waals surface area contributed by atoms with Gasteiger partial charge in [0.05, 0.1) is 15.6 Å². The second kappa shape index (κ2) is 6.65. The van der Waals surface area contributed by atoms with E-state index in [1.165, 1.54) is 36.4 Å². The van der Waals surface area contributed by atoms with Crippen molar-refractivity contribution in [2.45, 2.75) is 11.1 Å². The van der Waals surface area contributed by atoms with Crippen LogP contribution in [0.25, 0.3) is 11.3 Å². The highest BCUT2D eigenvalue weighted by Gasteiger charge is 2.36. The van der Waals surface area contributed by atoms with Crippen molar-refractivity contribution in [2.75, 3.05) is 4.83 Å². The van der Waals surface area contributed by atoms with Crippen molar-refractivity contribution < 1.29 is 21.6 Å². The van der Waals surface area contributed by atoms with E-state index in [4.69, 9.17) is 11.6 Å². The van der Waals surface area contributed by atoms with Crippen LogP contribution in [0.15, 0.2) is 65.6 Å². The van der Waals surface area contributed by atoms with Crippen molar-refractivity contribution in [2.24, 2.45) is 0 Å². The summed E-state index contributed by atoms with van der Waals surface area (Å²) in [7, 11) is -4.15. The summed E-state index contributed by atoms with van der Waals surface area (Å²) in [6, 6.07) is 14.1. The Morgan fingerprint density at radius 3 is 2.23 bits per heavy atom. The second-order valence-electron chi connectivity index (χ2n) is 5.21. The minimum Gasteiger partial charge on any atom is -0.200 e. The van der Waals surface area contributed by atoms with Gasteiger partial charge in [0.25, 0.3) is 10.0 Å². The first-order chi connectivity index (χ1) is 12.2. The van der Waals surface area contributed by atoms with E-state index < -0.39 is 21.9 Å². The van der Waals surface area contributed by atoms with Crippen LogP contribution in [0.1, 0.15) is 5.69 Å². The summed E-state index contributed by atoms with van der Waals surface area (Å²) >= 11 is 6.04. The van der Waals surface area contributed by atoms with Gasteiger partial charge in [0.15, 0.2) is 5.69 Å². The molecular weight excluding hydrogens is 391 g/mol. The molecule has 1 N–H and O–H groups in total. The Morgan fingerprint density at radius 2 is 1.62 bits per heavy atom. The maximum absolute atomic E-state index is 13.1. The second-order valence-corrected chi connectivity index (χ2v) is 7.28. The molecule has 0 bridgehead atoms. The third-order valence-corrected chi connectivity index (χ3v) is 5.05. The molecule has 26 heavy (non-hydrogen) atoms. The largest absolute Gasteiger partial charge is 0.435 e. The summed E-state index contributed by atoms with van der Waals surface area (Å²) in [4.78, 5) is 2.49. The average Bonchev–Trinajstić information content (AvgIpc) is 2.99. The van der Waals surface area contributed by atoms with Gasteiger partial charge in [-0.2, -0.15) is 31.2 Å². The van der Waals surface area contributed by atoms with E-state index in [9.17, 15) is 21.6 Å². The van der Waals surface area contributed by atoms with Gasteiger partial charge in [0, 0.05) is 5.56 Å². The van der Waals surface area contributed by atoms with E-state index in [-0.39, 0.29) is 21.2 Å². The first-order valence-corrected chi connectivity index (χ1v) is 9.04. The summed E-state index contributed by atoms with van der Waals surface area (Å²) in [5.41, 5.74) is -1.18. The lowest BCUT2D eigenvalue weighted by molar-refractivity contribution is -0.141. The molecule has 3 aromatic rings. The molecule has 0 saturated carbocycles. The summed E-state index contributed by atoms with van der Waals surface area (Å²) in [6.07, 6.45) is -4.75.